The van der Waals surface area contributed by atoms with E-state index in [1.54, 1.807) is 0 Å². The minimum atomic E-state index is 0.0932. The van der Waals surface area contributed by atoms with Crippen LogP contribution < -0.4 is 0 Å². The molecule has 3 aromatic carbocycles. The zero-order valence-corrected chi connectivity index (χ0v) is 16.7. The highest BCUT2D eigenvalue weighted by atomic mass is 79.9. The molecule has 0 aromatic heterocycles. The van der Waals surface area contributed by atoms with Crippen molar-refractivity contribution in [3.63, 3.8) is 0 Å². The number of carbonyl (C=O) groups excluding carboxylic acids is 1. The molecule has 2 nitrogen and oxygen atoms in total. The Morgan fingerprint density at radius 1 is 0.889 bits per heavy atom. The summed E-state index contributed by atoms with van der Waals surface area (Å²) in [5.74, 6) is 0.190. The number of benzene rings is 3. The van der Waals surface area contributed by atoms with Crippen LogP contribution in [0.1, 0.15) is 39.5 Å². The molecule has 0 saturated heterocycles. The van der Waals surface area contributed by atoms with E-state index in [2.05, 4.69) is 69.4 Å². The largest absolute Gasteiger partial charge is 0.294 e. The number of hydrogen-bond donors (Lipinski definition) is 0. The van der Waals surface area contributed by atoms with Gasteiger partial charge in [-0.25, -0.2) is 0 Å². The minimum absolute atomic E-state index is 0.0932. The van der Waals surface area contributed by atoms with Crippen molar-refractivity contribution < 1.29 is 4.79 Å². The van der Waals surface area contributed by atoms with Gasteiger partial charge in [-0.15, -0.1) is 0 Å². The summed E-state index contributed by atoms with van der Waals surface area (Å²) in [6.45, 7) is 1.87. The predicted octanol–water partition coefficient (Wildman–Crippen LogP) is 5.82. The van der Waals surface area contributed by atoms with Crippen molar-refractivity contribution in [1.29, 1.82) is 0 Å². The minimum Gasteiger partial charge on any atom is -0.294 e. The summed E-state index contributed by atoms with van der Waals surface area (Å²) < 4.78 is 0.992. The number of nitrogens with zero attached hydrogens (tertiary/aromatic N) is 1. The zero-order valence-electron chi connectivity index (χ0n) is 15.1. The summed E-state index contributed by atoms with van der Waals surface area (Å²) in [6.07, 6.45) is 1.53. The molecule has 0 aliphatic carbocycles. The Morgan fingerprint density at radius 3 is 2.30 bits per heavy atom. The first kappa shape index (κ1) is 18.1. The Morgan fingerprint density at radius 2 is 1.56 bits per heavy atom. The topological polar surface area (TPSA) is 20.3 Å². The van der Waals surface area contributed by atoms with E-state index in [4.69, 9.17) is 0 Å². The van der Waals surface area contributed by atoms with Crippen molar-refractivity contribution in [2.24, 2.45) is 0 Å². The third-order valence-electron chi connectivity index (χ3n) is 5.33. The maximum Gasteiger partial charge on any atom is 0.164 e. The second-order valence-electron chi connectivity index (χ2n) is 7.05. The van der Waals surface area contributed by atoms with Crippen molar-refractivity contribution in [2.75, 3.05) is 6.54 Å². The number of halogens is 1. The Bertz CT molecular complexity index is 921. The highest BCUT2D eigenvalue weighted by Gasteiger charge is 2.27. The summed E-state index contributed by atoms with van der Waals surface area (Å²) in [5.41, 5.74) is 4.79. The molecule has 3 aromatic rings. The lowest BCUT2D eigenvalue weighted by Crippen LogP contribution is -2.35. The molecule has 1 aliphatic rings. The Kier molecular flexibility index (Phi) is 5.51. The van der Waals surface area contributed by atoms with Crippen LogP contribution >= 0.6 is 15.9 Å². The van der Waals surface area contributed by atoms with Gasteiger partial charge in [0.15, 0.2) is 5.78 Å². The standard InChI is InChI=1S/C24H22BrNO/c25-22-12-10-20(11-13-22)24(27)16-23(19-7-2-1-3-8-19)26-15-14-18-6-4-5-9-21(18)17-26/h1-13,23H,14-17H2/t23-/m1/s1. The van der Waals surface area contributed by atoms with Gasteiger partial charge in [-0.2, -0.15) is 0 Å². The number of ketones is 1. The average molecular weight is 420 g/mol. The molecule has 27 heavy (non-hydrogen) atoms. The summed E-state index contributed by atoms with van der Waals surface area (Å²) in [6, 6.07) is 26.8. The second kappa shape index (κ2) is 8.20. The van der Waals surface area contributed by atoms with Gasteiger partial charge in [0.05, 0.1) is 0 Å². The Hall–Kier alpha value is -2.23. The van der Waals surface area contributed by atoms with Gasteiger partial charge in [-0.3, -0.25) is 9.69 Å². The lowest BCUT2D eigenvalue weighted by molar-refractivity contribution is 0.0903. The maximum atomic E-state index is 13.0. The summed E-state index contributed by atoms with van der Waals surface area (Å²) in [5, 5.41) is 0. The molecule has 3 heteroatoms. The van der Waals surface area contributed by atoms with E-state index in [0.29, 0.717) is 6.42 Å². The Balaban J connectivity index is 1.60. The van der Waals surface area contributed by atoms with E-state index in [0.717, 1.165) is 29.5 Å². The van der Waals surface area contributed by atoms with Crippen LogP contribution in [0.25, 0.3) is 0 Å². The van der Waals surface area contributed by atoms with Gasteiger partial charge >= 0.3 is 0 Å². The normalized spacial score (nSPS) is 15.1. The van der Waals surface area contributed by atoms with E-state index in [1.807, 2.05) is 30.3 Å². The van der Waals surface area contributed by atoms with Crippen LogP contribution in [0.4, 0.5) is 0 Å². The van der Waals surface area contributed by atoms with E-state index >= 15 is 0 Å². The molecule has 0 saturated carbocycles. The van der Waals surface area contributed by atoms with Crippen LogP contribution in [0.3, 0.4) is 0 Å². The molecule has 4 rings (SSSR count). The monoisotopic (exact) mass is 419 g/mol. The van der Waals surface area contributed by atoms with Crippen LogP contribution in [0.5, 0.6) is 0 Å². The molecular formula is C24H22BrNO. The van der Waals surface area contributed by atoms with Gasteiger partial charge in [-0.1, -0.05) is 82.7 Å². The van der Waals surface area contributed by atoms with Crippen LogP contribution in [0.15, 0.2) is 83.3 Å². The van der Waals surface area contributed by atoms with Gasteiger partial charge in [0.1, 0.15) is 0 Å². The average Bonchev–Trinajstić information content (AvgIpc) is 2.72. The predicted molar refractivity (Wildman–Crippen MR) is 113 cm³/mol. The number of Topliss-reactive ketones (excluding diaryl/α,β-unsaturated/α-hetero) is 1. The fraction of sp³-hybridized carbons (Fsp3) is 0.208. The van der Waals surface area contributed by atoms with Crippen molar-refractivity contribution >= 4 is 21.7 Å². The maximum absolute atomic E-state index is 13.0. The summed E-state index contributed by atoms with van der Waals surface area (Å²) >= 11 is 3.44. The van der Waals surface area contributed by atoms with Gasteiger partial charge in [-0.05, 0) is 35.2 Å². The first-order valence-corrected chi connectivity index (χ1v) is 10.1. The SMILES string of the molecule is O=C(C[C@H](c1ccccc1)N1CCc2ccccc2C1)c1ccc(Br)cc1. The molecule has 0 N–H and O–H groups in total. The number of hydrogen-bond acceptors (Lipinski definition) is 2. The third-order valence-corrected chi connectivity index (χ3v) is 5.86. The van der Waals surface area contributed by atoms with Gasteiger partial charge in [0, 0.05) is 35.6 Å². The third kappa shape index (κ3) is 4.20. The van der Waals surface area contributed by atoms with Crippen LogP contribution in [-0.4, -0.2) is 17.2 Å². The van der Waals surface area contributed by atoms with Gasteiger partial charge < -0.3 is 0 Å². The van der Waals surface area contributed by atoms with E-state index < -0.39 is 0 Å². The number of rotatable bonds is 5. The molecule has 0 radical (unpaired) electrons. The van der Waals surface area contributed by atoms with Crippen molar-refractivity contribution in [2.45, 2.75) is 25.4 Å². The van der Waals surface area contributed by atoms with Gasteiger partial charge in [0.2, 0.25) is 0 Å². The van der Waals surface area contributed by atoms with Crippen molar-refractivity contribution in [3.05, 3.63) is 106 Å². The highest BCUT2D eigenvalue weighted by molar-refractivity contribution is 9.10. The number of carbonyl (C=O) groups is 1. The second-order valence-corrected chi connectivity index (χ2v) is 7.97. The molecule has 0 bridgehead atoms. The molecule has 1 atom stereocenters. The lowest BCUT2D eigenvalue weighted by atomic mass is 9.92. The number of fused-ring (bicyclic) bond motifs is 1. The van der Waals surface area contributed by atoms with E-state index in [1.165, 1.54) is 16.7 Å². The first-order valence-electron chi connectivity index (χ1n) is 9.35. The van der Waals surface area contributed by atoms with Crippen LogP contribution in [0, 0.1) is 0 Å². The van der Waals surface area contributed by atoms with Crippen molar-refractivity contribution in [1.82, 2.24) is 4.90 Å². The van der Waals surface area contributed by atoms with Crippen molar-refractivity contribution in [3.8, 4) is 0 Å². The fourth-order valence-corrected chi connectivity index (χ4v) is 4.11. The molecule has 0 fully saturated rings. The lowest BCUT2D eigenvalue weighted by Gasteiger charge is -2.35. The molecule has 0 unspecified atom stereocenters. The fourth-order valence-electron chi connectivity index (χ4n) is 3.85. The van der Waals surface area contributed by atoms with Crippen LogP contribution in [-0.2, 0) is 13.0 Å². The Labute approximate surface area is 169 Å². The molecule has 136 valence electrons. The smallest absolute Gasteiger partial charge is 0.164 e. The first-order chi connectivity index (χ1) is 13.2. The molecule has 0 amide bonds. The molecule has 1 aliphatic heterocycles. The highest BCUT2D eigenvalue weighted by Crippen LogP contribution is 2.31. The molecule has 1 heterocycles. The zero-order chi connectivity index (χ0) is 18.6. The quantitative estimate of drug-likeness (QED) is 0.485. The van der Waals surface area contributed by atoms with Crippen LogP contribution in [0.2, 0.25) is 0 Å². The van der Waals surface area contributed by atoms with Gasteiger partial charge in [0.25, 0.3) is 0 Å². The molecular weight excluding hydrogens is 398 g/mol. The molecule has 0 spiro atoms. The summed E-state index contributed by atoms with van der Waals surface area (Å²) in [4.78, 5) is 15.4. The summed E-state index contributed by atoms with van der Waals surface area (Å²) in [7, 11) is 0. The van der Waals surface area contributed by atoms with E-state index in [9.17, 15) is 4.79 Å². The van der Waals surface area contributed by atoms with E-state index in [-0.39, 0.29) is 11.8 Å².